The smallest absolute Gasteiger partial charge is 0.403 e. The van der Waals surface area contributed by atoms with E-state index in [1.54, 1.807) is 6.07 Å². The second-order valence-electron chi connectivity index (χ2n) is 8.27. The molecule has 1 heterocycles. The lowest BCUT2D eigenvalue weighted by molar-refractivity contribution is -0.0385. The van der Waals surface area contributed by atoms with Gasteiger partial charge in [0.05, 0.1) is 11.2 Å². The third-order valence-electron chi connectivity index (χ3n) is 6.26. The summed E-state index contributed by atoms with van der Waals surface area (Å²) in [6, 6.07) is 7.06. The number of hydrogen-bond donors (Lipinski definition) is 0. The average molecular weight is 288 g/mol. The highest BCUT2D eigenvalue weighted by Crippen LogP contribution is 2.80. The Hall–Kier alpha value is -0.865. The highest BCUT2D eigenvalue weighted by molar-refractivity contribution is 6.51. The van der Waals surface area contributed by atoms with Crippen LogP contribution in [0.4, 0.5) is 4.39 Å². The van der Waals surface area contributed by atoms with Crippen molar-refractivity contribution < 1.29 is 13.7 Å². The summed E-state index contributed by atoms with van der Waals surface area (Å²) in [4.78, 5) is 0. The van der Waals surface area contributed by atoms with Gasteiger partial charge in [-0.2, -0.15) is 0 Å². The number of hydrogen-bond acceptors (Lipinski definition) is 2. The fourth-order valence-electron chi connectivity index (χ4n) is 4.33. The van der Waals surface area contributed by atoms with Crippen LogP contribution in [0.1, 0.15) is 52.5 Å². The monoisotopic (exact) mass is 288 g/mol. The fraction of sp³-hybridized carbons (Fsp3) is 0.647. The first-order chi connectivity index (χ1) is 9.68. The van der Waals surface area contributed by atoms with Gasteiger partial charge in [-0.25, -0.2) is 4.39 Å². The van der Waals surface area contributed by atoms with Crippen molar-refractivity contribution in [2.45, 2.75) is 68.9 Å². The minimum atomic E-state index is -0.265. The van der Waals surface area contributed by atoms with Crippen molar-refractivity contribution in [1.82, 2.24) is 0 Å². The second-order valence-corrected chi connectivity index (χ2v) is 8.27. The minimum Gasteiger partial charge on any atom is -0.403 e. The third-order valence-corrected chi connectivity index (χ3v) is 6.26. The summed E-state index contributed by atoms with van der Waals surface area (Å²) < 4.78 is 25.9. The van der Waals surface area contributed by atoms with Crippen LogP contribution in [-0.2, 0) is 14.7 Å². The van der Waals surface area contributed by atoms with Crippen LogP contribution in [0.25, 0.3) is 0 Å². The maximum absolute atomic E-state index is 13.4. The Morgan fingerprint density at radius 3 is 2.10 bits per heavy atom. The maximum Gasteiger partial charge on any atom is 0.464 e. The first kappa shape index (κ1) is 13.8. The summed E-state index contributed by atoms with van der Waals surface area (Å²) in [5.41, 5.74) is 0.782. The summed E-state index contributed by atoms with van der Waals surface area (Å²) in [5, 5.41) is 0.150. The van der Waals surface area contributed by atoms with Crippen LogP contribution in [0.3, 0.4) is 0 Å². The minimum absolute atomic E-state index is 0.113. The predicted octanol–water partition coefficient (Wildman–Crippen LogP) is 4.09. The van der Waals surface area contributed by atoms with Gasteiger partial charge in [0.2, 0.25) is 0 Å². The highest BCUT2D eigenvalue weighted by Gasteiger charge is 2.76. The molecule has 1 aromatic rings. The first-order valence-corrected chi connectivity index (χ1v) is 7.80. The van der Waals surface area contributed by atoms with Crippen molar-refractivity contribution in [1.29, 1.82) is 0 Å². The molecule has 0 N–H and O–H groups in total. The molecular formula is C17H22BFO2. The quantitative estimate of drug-likeness (QED) is 0.763. The zero-order valence-corrected chi connectivity index (χ0v) is 13.2. The molecule has 3 aliphatic carbocycles. The summed E-state index contributed by atoms with van der Waals surface area (Å²) >= 11 is 0. The summed E-state index contributed by atoms with van der Waals surface area (Å²) in [6.07, 6.45) is 3.17. The lowest BCUT2D eigenvalue weighted by atomic mass is 9.23. The van der Waals surface area contributed by atoms with E-state index in [0.29, 0.717) is 0 Å². The SMILES string of the molecule is CC1(C)OB(C23CC(c4cccc(F)c4)(C2)C3)OC1(C)C. The van der Waals surface area contributed by atoms with Crippen LogP contribution in [0, 0.1) is 5.82 Å². The zero-order valence-electron chi connectivity index (χ0n) is 13.2. The maximum atomic E-state index is 13.4. The first-order valence-electron chi connectivity index (χ1n) is 7.80. The molecule has 0 spiro atoms. The van der Waals surface area contributed by atoms with Gasteiger partial charge in [-0.1, -0.05) is 12.1 Å². The van der Waals surface area contributed by atoms with Crippen molar-refractivity contribution in [3.63, 3.8) is 0 Å². The molecule has 0 unspecified atom stereocenters. The molecule has 1 aliphatic heterocycles. The molecule has 1 aromatic carbocycles. The van der Waals surface area contributed by atoms with Gasteiger partial charge in [-0.3, -0.25) is 0 Å². The molecule has 4 heteroatoms. The Bertz CT molecular complexity index is 575. The van der Waals surface area contributed by atoms with E-state index < -0.39 is 0 Å². The summed E-state index contributed by atoms with van der Waals surface area (Å²) in [5.74, 6) is -0.137. The van der Waals surface area contributed by atoms with Gasteiger partial charge in [0.15, 0.2) is 0 Å². The average Bonchev–Trinajstić information content (AvgIpc) is 2.44. The number of benzene rings is 1. The predicted molar refractivity (Wildman–Crippen MR) is 80.7 cm³/mol. The van der Waals surface area contributed by atoms with E-state index >= 15 is 0 Å². The van der Waals surface area contributed by atoms with Gasteiger partial charge in [-0.15, -0.1) is 0 Å². The molecule has 0 radical (unpaired) electrons. The number of rotatable bonds is 2. The normalized spacial score (nSPS) is 38.8. The van der Waals surface area contributed by atoms with E-state index in [9.17, 15) is 4.39 Å². The van der Waals surface area contributed by atoms with E-state index in [4.69, 9.17) is 9.31 Å². The van der Waals surface area contributed by atoms with Crippen LogP contribution in [0.5, 0.6) is 0 Å². The van der Waals surface area contributed by atoms with Crippen molar-refractivity contribution >= 4 is 7.12 Å². The molecule has 3 saturated carbocycles. The Morgan fingerprint density at radius 1 is 1.00 bits per heavy atom. The van der Waals surface area contributed by atoms with E-state index in [-0.39, 0.29) is 34.9 Å². The van der Waals surface area contributed by atoms with Crippen LogP contribution in [-0.4, -0.2) is 18.3 Å². The molecule has 1 saturated heterocycles. The second kappa shape index (κ2) is 3.72. The molecule has 0 aromatic heterocycles. The van der Waals surface area contributed by atoms with Crippen molar-refractivity contribution in [3.05, 3.63) is 35.6 Å². The Kier molecular flexibility index (Phi) is 2.44. The van der Waals surface area contributed by atoms with Crippen molar-refractivity contribution in [2.75, 3.05) is 0 Å². The Labute approximate surface area is 126 Å². The molecule has 2 bridgehead atoms. The molecular weight excluding hydrogens is 266 g/mol. The van der Waals surface area contributed by atoms with Gasteiger partial charge in [0.25, 0.3) is 0 Å². The lowest BCUT2D eigenvalue weighted by Crippen LogP contribution is -2.66. The van der Waals surface area contributed by atoms with Crippen LogP contribution in [0.15, 0.2) is 24.3 Å². The fourth-order valence-corrected chi connectivity index (χ4v) is 4.33. The molecule has 112 valence electrons. The van der Waals surface area contributed by atoms with Crippen molar-refractivity contribution in [3.8, 4) is 0 Å². The lowest BCUT2D eigenvalue weighted by Gasteiger charge is -2.71. The van der Waals surface area contributed by atoms with Gasteiger partial charge < -0.3 is 9.31 Å². The van der Waals surface area contributed by atoms with Crippen LogP contribution >= 0.6 is 0 Å². The molecule has 21 heavy (non-hydrogen) atoms. The van der Waals surface area contributed by atoms with E-state index in [1.807, 2.05) is 6.07 Å². The largest absolute Gasteiger partial charge is 0.464 e. The highest BCUT2D eigenvalue weighted by atomic mass is 19.1. The molecule has 0 atom stereocenters. The van der Waals surface area contributed by atoms with Gasteiger partial charge in [0.1, 0.15) is 5.82 Å². The van der Waals surface area contributed by atoms with E-state index in [0.717, 1.165) is 24.8 Å². The van der Waals surface area contributed by atoms with Gasteiger partial charge >= 0.3 is 7.12 Å². The standard InChI is InChI=1S/C17H22BFO2/c1-14(2)15(3,4)21-18(20-14)17-9-16(10-17,11-17)12-6-5-7-13(19)8-12/h5-8H,9-11H2,1-4H3. The van der Waals surface area contributed by atoms with Crippen molar-refractivity contribution in [2.24, 2.45) is 0 Å². The summed E-state index contributed by atoms with van der Waals surface area (Å²) in [6.45, 7) is 8.39. The van der Waals surface area contributed by atoms with Gasteiger partial charge in [-0.05, 0) is 70.1 Å². The van der Waals surface area contributed by atoms with E-state index in [2.05, 4.69) is 33.8 Å². The third kappa shape index (κ3) is 1.66. The van der Waals surface area contributed by atoms with E-state index in [1.165, 1.54) is 6.07 Å². The molecule has 2 nitrogen and oxygen atoms in total. The Balaban J connectivity index is 1.51. The zero-order chi connectivity index (χ0) is 15.1. The Morgan fingerprint density at radius 2 is 1.57 bits per heavy atom. The van der Waals surface area contributed by atoms with Gasteiger partial charge in [0, 0.05) is 5.31 Å². The molecule has 4 aliphatic rings. The topological polar surface area (TPSA) is 18.5 Å². The van der Waals surface area contributed by atoms with Crippen LogP contribution < -0.4 is 0 Å². The molecule has 0 amide bonds. The summed E-state index contributed by atoms with van der Waals surface area (Å²) in [7, 11) is -0.113. The molecule has 5 rings (SSSR count). The molecule has 4 fully saturated rings. The number of halogens is 1. The van der Waals surface area contributed by atoms with Crippen LogP contribution in [0.2, 0.25) is 5.31 Å².